The fraction of sp³-hybridized carbons (Fsp3) is 0.727. The van der Waals surface area contributed by atoms with Crippen molar-refractivity contribution in [1.29, 1.82) is 0 Å². The molecule has 7 heteroatoms. The molecule has 0 aromatic carbocycles. The lowest BCUT2D eigenvalue weighted by molar-refractivity contribution is -0.130. The Hall–Kier alpha value is -1.30. The number of carbonyl (C=O) groups excluding carboxylic acids is 3. The van der Waals surface area contributed by atoms with Crippen LogP contribution in [0.4, 0.5) is 4.79 Å². The van der Waals surface area contributed by atoms with Crippen LogP contribution in [0.2, 0.25) is 0 Å². The summed E-state index contributed by atoms with van der Waals surface area (Å²) in [5, 5.41) is 4.56. The Morgan fingerprint density at radius 3 is 2.22 bits per heavy atom. The van der Waals surface area contributed by atoms with Crippen molar-refractivity contribution in [2.75, 3.05) is 25.5 Å². The summed E-state index contributed by atoms with van der Waals surface area (Å²) in [6, 6.07) is -0.600. The smallest absolute Gasteiger partial charge is 0.321 e. The molecular weight excluding hydrogens is 258 g/mol. The first-order valence-electron chi connectivity index (χ1n) is 5.96. The van der Waals surface area contributed by atoms with Crippen LogP contribution < -0.4 is 10.6 Å². The Morgan fingerprint density at radius 2 is 1.72 bits per heavy atom. The van der Waals surface area contributed by atoms with Crippen LogP contribution in [0.3, 0.4) is 0 Å². The molecule has 0 aliphatic rings. The van der Waals surface area contributed by atoms with E-state index in [1.54, 1.807) is 4.90 Å². The maximum Gasteiger partial charge on any atom is 0.321 e. The third-order valence-corrected chi connectivity index (χ3v) is 2.50. The molecule has 0 aromatic rings. The summed E-state index contributed by atoms with van der Waals surface area (Å²) in [4.78, 5) is 35.5. The zero-order valence-electron chi connectivity index (χ0n) is 10.8. The predicted molar refractivity (Wildman–Crippen MR) is 69.4 cm³/mol. The van der Waals surface area contributed by atoms with Gasteiger partial charge in [-0.05, 0) is 13.8 Å². The van der Waals surface area contributed by atoms with E-state index in [0.717, 1.165) is 0 Å². The lowest BCUT2D eigenvalue weighted by Gasteiger charge is -2.18. The number of nitrogens with zero attached hydrogens (tertiary/aromatic N) is 1. The Bertz CT molecular complexity index is 293. The number of amides is 4. The number of hydrogen-bond acceptors (Lipinski definition) is 3. The maximum absolute atomic E-state index is 11.6. The topological polar surface area (TPSA) is 78.5 Å². The molecule has 0 fully saturated rings. The molecule has 2 N–H and O–H groups in total. The van der Waals surface area contributed by atoms with E-state index in [4.69, 9.17) is 11.6 Å². The van der Waals surface area contributed by atoms with E-state index in [2.05, 4.69) is 10.6 Å². The van der Waals surface area contributed by atoms with Crippen molar-refractivity contribution in [3.8, 4) is 0 Å². The van der Waals surface area contributed by atoms with Gasteiger partial charge in [-0.1, -0.05) is 0 Å². The van der Waals surface area contributed by atoms with Crippen molar-refractivity contribution in [2.24, 2.45) is 0 Å². The Labute approximate surface area is 112 Å². The highest BCUT2D eigenvalue weighted by molar-refractivity contribution is 6.19. The molecular formula is C11H20ClN3O3. The summed E-state index contributed by atoms with van der Waals surface area (Å²) in [7, 11) is 0. The fourth-order valence-corrected chi connectivity index (χ4v) is 1.51. The predicted octanol–water partition coefficient (Wildman–Crippen LogP) is 0.700. The molecule has 0 spiro atoms. The molecule has 0 bridgehead atoms. The van der Waals surface area contributed by atoms with Crippen LogP contribution >= 0.6 is 11.6 Å². The Morgan fingerprint density at radius 1 is 1.11 bits per heavy atom. The van der Waals surface area contributed by atoms with Gasteiger partial charge < -0.3 is 10.2 Å². The van der Waals surface area contributed by atoms with Gasteiger partial charge in [0.1, 0.15) is 0 Å². The number of carbonyl (C=O) groups is 3. The maximum atomic E-state index is 11.6. The highest BCUT2D eigenvalue weighted by Gasteiger charge is 2.10. The number of imide groups is 1. The Balaban J connectivity index is 3.80. The van der Waals surface area contributed by atoms with Gasteiger partial charge in [-0.3, -0.25) is 14.9 Å². The van der Waals surface area contributed by atoms with E-state index in [9.17, 15) is 14.4 Å². The summed E-state index contributed by atoms with van der Waals surface area (Å²) in [6.07, 6.45) is 0.312. The third kappa shape index (κ3) is 7.11. The standard InChI is InChI=1S/C11H20ClN3O3/c1-3-15(4-2)10(17)6-8-13-11(18)14-9(16)5-7-12/h3-8H2,1-2H3,(H2,13,14,16,18). The van der Waals surface area contributed by atoms with Crippen LogP contribution in [-0.4, -0.2) is 48.3 Å². The van der Waals surface area contributed by atoms with Crippen LogP contribution in [0.25, 0.3) is 0 Å². The van der Waals surface area contributed by atoms with Crippen LogP contribution in [0.15, 0.2) is 0 Å². The molecule has 0 aromatic heterocycles. The highest BCUT2D eigenvalue weighted by Crippen LogP contribution is 1.92. The minimum atomic E-state index is -0.600. The second-order valence-electron chi connectivity index (χ2n) is 3.56. The highest BCUT2D eigenvalue weighted by atomic mass is 35.5. The minimum Gasteiger partial charge on any atom is -0.343 e. The summed E-state index contributed by atoms with van der Waals surface area (Å²) in [5.74, 6) is -0.288. The van der Waals surface area contributed by atoms with Crippen molar-refractivity contribution >= 4 is 29.4 Å². The van der Waals surface area contributed by atoms with Gasteiger partial charge in [0.05, 0.1) is 0 Å². The van der Waals surface area contributed by atoms with E-state index in [1.165, 1.54) is 0 Å². The molecule has 0 heterocycles. The quantitative estimate of drug-likeness (QED) is 0.673. The van der Waals surface area contributed by atoms with Gasteiger partial charge in [0, 0.05) is 38.4 Å². The van der Waals surface area contributed by atoms with Gasteiger partial charge in [-0.15, -0.1) is 11.6 Å². The van der Waals surface area contributed by atoms with Crippen molar-refractivity contribution in [1.82, 2.24) is 15.5 Å². The summed E-state index contributed by atoms with van der Waals surface area (Å²) in [6.45, 7) is 5.29. The van der Waals surface area contributed by atoms with Crippen molar-refractivity contribution in [3.05, 3.63) is 0 Å². The van der Waals surface area contributed by atoms with Gasteiger partial charge in [0.2, 0.25) is 11.8 Å². The number of hydrogen-bond donors (Lipinski definition) is 2. The molecule has 0 saturated carbocycles. The van der Waals surface area contributed by atoms with Crippen LogP contribution in [0.5, 0.6) is 0 Å². The first-order valence-corrected chi connectivity index (χ1v) is 6.50. The fourth-order valence-electron chi connectivity index (χ4n) is 1.34. The van der Waals surface area contributed by atoms with Crippen molar-refractivity contribution < 1.29 is 14.4 Å². The van der Waals surface area contributed by atoms with Crippen LogP contribution in [-0.2, 0) is 9.59 Å². The van der Waals surface area contributed by atoms with Gasteiger partial charge in [-0.25, -0.2) is 4.79 Å². The first kappa shape index (κ1) is 16.7. The number of halogens is 1. The lowest BCUT2D eigenvalue weighted by atomic mass is 10.3. The molecule has 0 saturated heterocycles. The Kier molecular flexibility index (Phi) is 9.00. The van der Waals surface area contributed by atoms with E-state index in [-0.39, 0.29) is 31.2 Å². The van der Waals surface area contributed by atoms with Crippen LogP contribution in [0.1, 0.15) is 26.7 Å². The van der Waals surface area contributed by atoms with E-state index in [1.807, 2.05) is 13.8 Å². The normalized spacial score (nSPS) is 9.72. The summed E-state index contributed by atoms with van der Waals surface area (Å²) in [5.41, 5.74) is 0. The number of alkyl halides is 1. The number of rotatable bonds is 7. The second-order valence-corrected chi connectivity index (χ2v) is 3.94. The van der Waals surface area contributed by atoms with Gasteiger partial charge >= 0.3 is 6.03 Å². The molecule has 0 atom stereocenters. The zero-order valence-corrected chi connectivity index (χ0v) is 11.5. The molecule has 6 nitrogen and oxygen atoms in total. The summed E-state index contributed by atoms with van der Waals surface area (Å²) >= 11 is 5.35. The molecule has 4 amide bonds. The zero-order chi connectivity index (χ0) is 14.0. The molecule has 18 heavy (non-hydrogen) atoms. The average molecular weight is 278 g/mol. The van der Waals surface area contributed by atoms with Crippen molar-refractivity contribution in [2.45, 2.75) is 26.7 Å². The van der Waals surface area contributed by atoms with E-state index in [0.29, 0.717) is 13.1 Å². The van der Waals surface area contributed by atoms with Gasteiger partial charge in [0.25, 0.3) is 0 Å². The third-order valence-electron chi connectivity index (χ3n) is 2.32. The van der Waals surface area contributed by atoms with E-state index >= 15 is 0 Å². The molecule has 0 radical (unpaired) electrons. The van der Waals surface area contributed by atoms with Gasteiger partial charge in [0.15, 0.2) is 0 Å². The number of nitrogens with one attached hydrogen (secondary N) is 2. The molecule has 0 rings (SSSR count). The lowest BCUT2D eigenvalue weighted by Crippen LogP contribution is -2.41. The SMILES string of the molecule is CCN(CC)C(=O)CCNC(=O)NC(=O)CCCl. The molecule has 0 aliphatic heterocycles. The second kappa shape index (κ2) is 9.70. The van der Waals surface area contributed by atoms with Crippen molar-refractivity contribution in [3.63, 3.8) is 0 Å². The average Bonchev–Trinajstić information content (AvgIpc) is 2.30. The largest absolute Gasteiger partial charge is 0.343 e. The molecule has 104 valence electrons. The van der Waals surface area contributed by atoms with E-state index < -0.39 is 11.9 Å². The first-order chi connectivity index (χ1) is 8.54. The summed E-state index contributed by atoms with van der Waals surface area (Å²) < 4.78 is 0. The monoisotopic (exact) mass is 277 g/mol. The van der Waals surface area contributed by atoms with Gasteiger partial charge in [-0.2, -0.15) is 0 Å². The number of urea groups is 1. The molecule has 0 unspecified atom stereocenters. The molecule has 0 aliphatic carbocycles. The van der Waals surface area contributed by atoms with Crippen LogP contribution in [0, 0.1) is 0 Å². The minimum absolute atomic E-state index is 0.0209.